The first kappa shape index (κ1) is 22.0. The van der Waals surface area contributed by atoms with Gasteiger partial charge in [0.25, 0.3) is 0 Å². The van der Waals surface area contributed by atoms with Gasteiger partial charge < -0.3 is 10.2 Å². The van der Waals surface area contributed by atoms with Crippen molar-refractivity contribution in [2.24, 2.45) is 0 Å². The first-order valence-electron chi connectivity index (χ1n) is 10.8. The van der Waals surface area contributed by atoms with Crippen molar-refractivity contribution in [3.63, 3.8) is 0 Å². The van der Waals surface area contributed by atoms with Crippen molar-refractivity contribution in [1.82, 2.24) is 9.80 Å². The van der Waals surface area contributed by atoms with Crippen LogP contribution in [0, 0.1) is 6.92 Å². The third-order valence-electron chi connectivity index (χ3n) is 6.04. The zero-order valence-electron chi connectivity index (χ0n) is 18.5. The molecule has 1 heterocycles. The predicted molar refractivity (Wildman–Crippen MR) is 122 cm³/mol. The van der Waals surface area contributed by atoms with Crippen LogP contribution in [-0.2, 0) is 16.0 Å². The van der Waals surface area contributed by atoms with E-state index in [1.807, 2.05) is 61.2 Å². The van der Waals surface area contributed by atoms with Crippen molar-refractivity contribution in [2.75, 3.05) is 31.5 Å². The molecular weight excluding hydrogens is 374 g/mol. The lowest BCUT2D eigenvalue weighted by Crippen LogP contribution is -2.54. The molecule has 30 heavy (non-hydrogen) atoms. The number of nitrogens with one attached hydrogen (secondary N) is 1. The molecule has 1 atom stereocenters. The Labute approximate surface area is 180 Å². The smallest absolute Gasteiger partial charge is 0.241 e. The number of hydrogen-bond donors (Lipinski definition) is 1. The second-order valence-electron chi connectivity index (χ2n) is 8.43. The molecule has 0 radical (unpaired) electrons. The second-order valence-corrected chi connectivity index (χ2v) is 8.43. The molecule has 5 nitrogen and oxygen atoms in total. The molecule has 5 heteroatoms. The molecule has 0 spiro atoms. The molecule has 0 bridgehead atoms. The Morgan fingerprint density at radius 3 is 2.23 bits per heavy atom. The minimum Gasteiger partial charge on any atom is -0.340 e. The van der Waals surface area contributed by atoms with Crippen molar-refractivity contribution in [2.45, 2.75) is 46.1 Å². The molecule has 1 saturated heterocycles. The van der Waals surface area contributed by atoms with Crippen LogP contribution in [0.1, 0.15) is 43.4 Å². The zero-order valence-corrected chi connectivity index (χ0v) is 18.5. The zero-order chi connectivity index (χ0) is 21.7. The van der Waals surface area contributed by atoms with Gasteiger partial charge in [-0.3, -0.25) is 14.5 Å². The summed E-state index contributed by atoms with van der Waals surface area (Å²) in [4.78, 5) is 29.6. The molecule has 2 amide bonds. The summed E-state index contributed by atoms with van der Waals surface area (Å²) in [5, 5.41) is 3.10. The molecular formula is C25H33N3O2. The van der Waals surface area contributed by atoms with Crippen molar-refractivity contribution < 1.29 is 9.59 Å². The van der Waals surface area contributed by atoms with Crippen molar-refractivity contribution in [3.8, 4) is 0 Å². The Hall–Kier alpha value is -2.66. The lowest BCUT2D eigenvalue weighted by molar-refractivity contribution is -0.133. The monoisotopic (exact) mass is 407 g/mol. The van der Waals surface area contributed by atoms with E-state index < -0.39 is 0 Å². The molecule has 3 rings (SSSR count). The van der Waals surface area contributed by atoms with Gasteiger partial charge in [0.2, 0.25) is 11.8 Å². The highest BCUT2D eigenvalue weighted by Gasteiger charge is 2.28. The minimum atomic E-state index is -0.237. The second kappa shape index (κ2) is 9.90. The minimum absolute atomic E-state index is 0.00258. The number of hydrogen-bond acceptors (Lipinski definition) is 3. The Balaban J connectivity index is 1.54. The molecule has 2 aromatic rings. The van der Waals surface area contributed by atoms with E-state index in [0.29, 0.717) is 38.5 Å². The molecule has 1 aliphatic heterocycles. The summed E-state index contributed by atoms with van der Waals surface area (Å²) in [7, 11) is 0. The first-order valence-corrected chi connectivity index (χ1v) is 10.8. The fourth-order valence-corrected chi connectivity index (χ4v) is 3.96. The molecule has 2 aromatic carbocycles. The predicted octanol–water partition coefficient (Wildman–Crippen LogP) is 3.83. The van der Waals surface area contributed by atoms with Crippen LogP contribution in [0.25, 0.3) is 0 Å². The van der Waals surface area contributed by atoms with Gasteiger partial charge in [-0.05, 0) is 42.5 Å². The molecule has 0 aromatic heterocycles. The molecule has 0 saturated carbocycles. The van der Waals surface area contributed by atoms with Gasteiger partial charge in [-0.25, -0.2) is 0 Å². The quantitative estimate of drug-likeness (QED) is 0.792. The van der Waals surface area contributed by atoms with Crippen LogP contribution < -0.4 is 5.32 Å². The lowest BCUT2D eigenvalue weighted by atomic mass is 10.0. The summed E-state index contributed by atoms with van der Waals surface area (Å²) in [6.45, 7) is 11.0. The third kappa shape index (κ3) is 5.28. The maximum absolute atomic E-state index is 12.8. The van der Waals surface area contributed by atoms with Crippen molar-refractivity contribution in [1.29, 1.82) is 0 Å². The fraction of sp³-hybridized carbons (Fsp3) is 0.440. The highest BCUT2D eigenvalue weighted by Crippen LogP contribution is 2.24. The number of anilines is 1. The van der Waals surface area contributed by atoms with E-state index in [0.717, 1.165) is 22.4 Å². The number of nitrogens with zero attached hydrogens (tertiary/aromatic N) is 2. The van der Waals surface area contributed by atoms with E-state index >= 15 is 0 Å². The Morgan fingerprint density at radius 2 is 1.57 bits per heavy atom. The van der Waals surface area contributed by atoms with E-state index in [4.69, 9.17) is 0 Å². The van der Waals surface area contributed by atoms with E-state index in [1.54, 1.807) is 0 Å². The topological polar surface area (TPSA) is 52.7 Å². The van der Waals surface area contributed by atoms with Gasteiger partial charge in [0, 0.05) is 31.9 Å². The standard InChI is InChI=1S/C25H33N3O2/c1-18(2)22-11-7-8-12-23(22)26-25(30)20(4)27-13-15-28(16-14-27)24(29)17-21-10-6-5-9-19(21)3/h5-12,18,20H,13-17H2,1-4H3,(H,26,30). The Kier molecular flexibility index (Phi) is 7.27. The van der Waals surface area contributed by atoms with Crippen LogP contribution in [-0.4, -0.2) is 53.8 Å². The number of carbonyl (C=O) groups is 2. The number of carbonyl (C=O) groups excluding carboxylic acids is 2. The summed E-state index contributed by atoms with van der Waals surface area (Å²) >= 11 is 0. The van der Waals surface area contributed by atoms with Crippen LogP contribution in [0.5, 0.6) is 0 Å². The number of piperazine rings is 1. The number of amides is 2. The van der Waals surface area contributed by atoms with Crippen molar-refractivity contribution >= 4 is 17.5 Å². The van der Waals surface area contributed by atoms with Gasteiger partial charge in [-0.15, -0.1) is 0 Å². The van der Waals surface area contributed by atoms with Crippen LogP contribution >= 0.6 is 0 Å². The van der Waals surface area contributed by atoms with Crippen LogP contribution in [0.15, 0.2) is 48.5 Å². The Bertz CT molecular complexity index is 885. The first-order chi connectivity index (χ1) is 14.4. The summed E-state index contributed by atoms with van der Waals surface area (Å²) < 4.78 is 0. The number of para-hydroxylation sites is 1. The fourth-order valence-electron chi connectivity index (χ4n) is 3.96. The van der Waals surface area contributed by atoms with Gasteiger partial charge in [0.15, 0.2) is 0 Å². The average molecular weight is 408 g/mol. The van der Waals surface area contributed by atoms with Gasteiger partial charge in [-0.1, -0.05) is 56.3 Å². The van der Waals surface area contributed by atoms with Gasteiger partial charge >= 0.3 is 0 Å². The van der Waals surface area contributed by atoms with Gasteiger partial charge in [0.1, 0.15) is 0 Å². The Morgan fingerprint density at radius 1 is 0.933 bits per heavy atom. The van der Waals surface area contributed by atoms with E-state index in [-0.39, 0.29) is 17.9 Å². The molecule has 0 aliphatic carbocycles. The summed E-state index contributed by atoms with van der Waals surface area (Å²) in [6, 6.07) is 15.8. The highest BCUT2D eigenvalue weighted by molar-refractivity contribution is 5.95. The molecule has 1 aliphatic rings. The van der Waals surface area contributed by atoms with Gasteiger partial charge in [0.05, 0.1) is 12.5 Å². The van der Waals surface area contributed by atoms with Crippen LogP contribution in [0.4, 0.5) is 5.69 Å². The van der Waals surface area contributed by atoms with E-state index in [9.17, 15) is 9.59 Å². The molecule has 1 N–H and O–H groups in total. The maximum atomic E-state index is 12.8. The summed E-state index contributed by atoms with van der Waals surface area (Å²) in [5.41, 5.74) is 4.26. The van der Waals surface area contributed by atoms with Crippen LogP contribution in [0.3, 0.4) is 0 Å². The van der Waals surface area contributed by atoms with E-state index in [1.165, 1.54) is 0 Å². The van der Waals surface area contributed by atoms with E-state index in [2.05, 4.69) is 30.1 Å². The SMILES string of the molecule is Cc1ccccc1CC(=O)N1CCN(C(C)C(=O)Nc2ccccc2C(C)C)CC1. The van der Waals surface area contributed by atoms with Crippen molar-refractivity contribution in [3.05, 3.63) is 65.2 Å². The normalized spacial score (nSPS) is 15.8. The molecule has 1 fully saturated rings. The summed E-state index contributed by atoms with van der Waals surface area (Å²) in [5.74, 6) is 0.509. The summed E-state index contributed by atoms with van der Waals surface area (Å²) in [6.07, 6.45) is 0.439. The van der Waals surface area contributed by atoms with Gasteiger partial charge in [-0.2, -0.15) is 0 Å². The molecule has 160 valence electrons. The maximum Gasteiger partial charge on any atom is 0.241 e. The largest absolute Gasteiger partial charge is 0.340 e. The average Bonchev–Trinajstić information content (AvgIpc) is 2.75. The molecule has 1 unspecified atom stereocenters. The number of benzene rings is 2. The highest BCUT2D eigenvalue weighted by atomic mass is 16.2. The number of rotatable bonds is 6. The third-order valence-corrected chi connectivity index (χ3v) is 6.04. The van der Waals surface area contributed by atoms with Crippen LogP contribution in [0.2, 0.25) is 0 Å². The lowest BCUT2D eigenvalue weighted by Gasteiger charge is -2.37. The number of aryl methyl sites for hydroxylation is 1.